The molecule has 4 nitrogen and oxygen atoms in total. The molecule has 2 N–H and O–H groups in total. The van der Waals surface area contributed by atoms with Gasteiger partial charge in [-0.15, -0.1) is 11.3 Å². The summed E-state index contributed by atoms with van der Waals surface area (Å²) in [5.74, 6) is -0.237. The van der Waals surface area contributed by atoms with Crippen LogP contribution in [0.15, 0.2) is 36.4 Å². The molecule has 2 rings (SSSR count). The Balaban J connectivity index is 1.89. The third-order valence-electron chi connectivity index (χ3n) is 2.91. The molecule has 0 aliphatic rings. The first-order valence-electron chi connectivity index (χ1n) is 6.53. The number of benzene rings is 1. The van der Waals surface area contributed by atoms with Crippen LogP contribution in [0.5, 0.6) is 5.75 Å². The minimum absolute atomic E-state index is 0.0176. The van der Waals surface area contributed by atoms with Crippen molar-refractivity contribution in [2.45, 2.75) is 19.6 Å². The lowest BCUT2D eigenvalue weighted by molar-refractivity contribution is -0.0498. The number of hydrogen-bond acceptors (Lipinski definition) is 4. The summed E-state index contributed by atoms with van der Waals surface area (Å²) < 4.78 is 28.3. The van der Waals surface area contributed by atoms with Gasteiger partial charge < -0.3 is 15.2 Å². The average molecular weight is 327 g/mol. The number of aryl methyl sites for hydroxylation is 1. The molecule has 0 saturated heterocycles. The molecule has 0 bridgehead atoms. The highest BCUT2D eigenvalue weighted by molar-refractivity contribution is 7.13. The zero-order chi connectivity index (χ0) is 16.1. The number of amides is 1. The van der Waals surface area contributed by atoms with Crippen LogP contribution in [0.4, 0.5) is 8.78 Å². The molecule has 1 unspecified atom stereocenters. The second-order valence-corrected chi connectivity index (χ2v) is 5.87. The maximum Gasteiger partial charge on any atom is 0.387 e. The van der Waals surface area contributed by atoms with Crippen LogP contribution < -0.4 is 10.1 Å². The van der Waals surface area contributed by atoms with E-state index in [1.54, 1.807) is 6.07 Å². The number of aliphatic hydroxyl groups is 1. The summed E-state index contributed by atoms with van der Waals surface area (Å²) in [4.78, 5) is 13.5. The molecule has 7 heteroatoms. The molecule has 118 valence electrons. The first kappa shape index (κ1) is 16.4. The molecule has 0 aliphatic carbocycles. The van der Waals surface area contributed by atoms with E-state index in [9.17, 15) is 18.7 Å². The maximum atomic E-state index is 12.0. The number of nitrogens with one attached hydrogen (secondary N) is 1. The summed E-state index contributed by atoms with van der Waals surface area (Å²) in [6, 6.07) is 9.20. The van der Waals surface area contributed by atoms with Crippen molar-refractivity contribution in [2.75, 3.05) is 6.54 Å². The molecular formula is C15H15F2NO3S. The van der Waals surface area contributed by atoms with E-state index < -0.39 is 12.7 Å². The Kier molecular flexibility index (Phi) is 5.46. The van der Waals surface area contributed by atoms with E-state index in [2.05, 4.69) is 10.1 Å². The number of aliphatic hydroxyl groups excluding tert-OH is 1. The first-order chi connectivity index (χ1) is 10.5. The van der Waals surface area contributed by atoms with Gasteiger partial charge in [0.25, 0.3) is 5.91 Å². The molecule has 1 atom stereocenters. The van der Waals surface area contributed by atoms with Gasteiger partial charge in [0.05, 0.1) is 11.0 Å². The number of alkyl halides is 2. The summed E-state index contributed by atoms with van der Waals surface area (Å²) in [6.45, 7) is -0.950. The Hall–Kier alpha value is -1.99. The van der Waals surface area contributed by atoms with E-state index in [4.69, 9.17) is 0 Å². The lowest BCUT2D eigenvalue weighted by Gasteiger charge is -2.12. The van der Waals surface area contributed by atoms with Crippen LogP contribution in [-0.4, -0.2) is 24.2 Å². The van der Waals surface area contributed by atoms with E-state index in [1.807, 2.05) is 13.0 Å². The molecule has 0 saturated carbocycles. The van der Waals surface area contributed by atoms with E-state index in [-0.39, 0.29) is 18.2 Å². The molecule has 0 fully saturated rings. The van der Waals surface area contributed by atoms with Crippen LogP contribution in [0.1, 0.15) is 26.2 Å². The van der Waals surface area contributed by atoms with Crippen LogP contribution >= 0.6 is 11.3 Å². The summed E-state index contributed by atoms with van der Waals surface area (Å²) in [5, 5.41) is 12.6. The molecule has 0 radical (unpaired) electrons. The Morgan fingerprint density at radius 2 is 1.95 bits per heavy atom. The van der Waals surface area contributed by atoms with Gasteiger partial charge >= 0.3 is 6.61 Å². The summed E-state index contributed by atoms with van der Waals surface area (Å²) in [7, 11) is 0. The number of ether oxygens (including phenoxy) is 1. The predicted molar refractivity (Wildman–Crippen MR) is 79.4 cm³/mol. The quantitative estimate of drug-likeness (QED) is 0.857. The van der Waals surface area contributed by atoms with Gasteiger partial charge in [-0.1, -0.05) is 12.1 Å². The van der Waals surface area contributed by atoms with E-state index in [0.717, 1.165) is 4.88 Å². The number of halogens is 2. The van der Waals surface area contributed by atoms with Crippen molar-refractivity contribution in [1.82, 2.24) is 5.32 Å². The van der Waals surface area contributed by atoms with Gasteiger partial charge in [-0.3, -0.25) is 4.79 Å². The molecule has 0 aliphatic heterocycles. The standard InChI is InChI=1S/C15H15F2NO3S/c1-9-2-7-13(22-9)14(20)18-8-12(19)10-3-5-11(6-4-10)21-15(16)17/h2-7,12,15,19H,8H2,1H3,(H,18,20). The number of rotatable bonds is 6. The molecule has 1 aromatic carbocycles. The van der Waals surface area contributed by atoms with Crippen LogP contribution in [0.25, 0.3) is 0 Å². The second-order valence-electron chi connectivity index (χ2n) is 4.58. The number of carbonyl (C=O) groups is 1. The van der Waals surface area contributed by atoms with E-state index >= 15 is 0 Å². The van der Waals surface area contributed by atoms with Gasteiger partial charge in [0.1, 0.15) is 5.75 Å². The van der Waals surface area contributed by atoms with Gasteiger partial charge in [0.15, 0.2) is 0 Å². The maximum absolute atomic E-state index is 12.0. The van der Waals surface area contributed by atoms with Crippen LogP contribution in [0.3, 0.4) is 0 Å². The van der Waals surface area contributed by atoms with Gasteiger partial charge in [-0.2, -0.15) is 8.78 Å². The number of hydrogen-bond donors (Lipinski definition) is 2. The minimum atomic E-state index is -2.88. The molecule has 1 amide bonds. The lowest BCUT2D eigenvalue weighted by Crippen LogP contribution is -2.27. The van der Waals surface area contributed by atoms with Crippen LogP contribution in [0.2, 0.25) is 0 Å². The summed E-state index contributed by atoms with van der Waals surface area (Å²) >= 11 is 1.37. The first-order valence-corrected chi connectivity index (χ1v) is 7.35. The topological polar surface area (TPSA) is 58.6 Å². The Morgan fingerprint density at radius 3 is 2.50 bits per heavy atom. The highest BCUT2D eigenvalue weighted by Crippen LogP contribution is 2.19. The van der Waals surface area contributed by atoms with E-state index in [1.165, 1.54) is 35.6 Å². The zero-order valence-corrected chi connectivity index (χ0v) is 12.6. The van der Waals surface area contributed by atoms with Gasteiger partial charge in [0.2, 0.25) is 0 Å². The molecule has 1 heterocycles. The second kappa shape index (κ2) is 7.33. The smallest absolute Gasteiger partial charge is 0.387 e. The minimum Gasteiger partial charge on any atom is -0.435 e. The molecule has 1 aromatic heterocycles. The largest absolute Gasteiger partial charge is 0.435 e. The van der Waals surface area contributed by atoms with Crippen molar-refractivity contribution >= 4 is 17.2 Å². The fourth-order valence-corrected chi connectivity index (χ4v) is 2.61. The van der Waals surface area contributed by atoms with Crippen LogP contribution in [0, 0.1) is 6.92 Å². The Bertz CT molecular complexity index is 628. The van der Waals surface area contributed by atoms with Crippen LogP contribution in [-0.2, 0) is 0 Å². The monoisotopic (exact) mass is 327 g/mol. The molecular weight excluding hydrogens is 312 g/mol. The van der Waals surface area contributed by atoms with Crippen molar-refractivity contribution in [3.63, 3.8) is 0 Å². The number of thiophene rings is 1. The van der Waals surface area contributed by atoms with Gasteiger partial charge in [-0.05, 0) is 36.8 Å². The third-order valence-corrected chi connectivity index (χ3v) is 3.91. The van der Waals surface area contributed by atoms with Crippen molar-refractivity contribution in [1.29, 1.82) is 0 Å². The van der Waals surface area contributed by atoms with E-state index in [0.29, 0.717) is 10.4 Å². The fourth-order valence-electron chi connectivity index (χ4n) is 1.82. The molecule has 2 aromatic rings. The highest BCUT2D eigenvalue weighted by atomic mass is 32.1. The summed E-state index contributed by atoms with van der Waals surface area (Å²) in [6.07, 6.45) is -0.925. The Morgan fingerprint density at radius 1 is 1.27 bits per heavy atom. The predicted octanol–water partition coefficient (Wildman–Crippen LogP) is 3.12. The van der Waals surface area contributed by atoms with Crippen molar-refractivity contribution in [3.8, 4) is 5.75 Å². The third kappa shape index (κ3) is 4.51. The zero-order valence-electron chi connectivity index (χ0n) is 11.8. The highest BCUT2D eigenvalue weighted by Gasteiger charge is 2.12. The van der Waals surface area contributed by atoms with Gasteiger partial charge in [0, 0.05) is 11.4 Å². The van der Waals surface area contributed by atoms with Crippen molar-refractivity contribution in [2.24, 2.45) is 0 Å². The van der Waals surface area contributed by atoms with Crippen molar-refractivity contribution < 1.29 is 23.4 Å². The molecule has 22 heavy (non-hydrogen) atoms. The fraction of sp³-hybridized carbons (Fsp3) is 0.267. The normalized spacial score (nSPS) is 12.2. The lowest BCUT2D eigenvalue weighted by atomic mass is 10.1. The SMILES string of the molecule is Cc1ccc(C(=O)NCC(O)c2ccc(OC(F)F)cc2)s1. The van der Waals surface area contributed by atoms with Crippen molar-refractivity contribution in [3.05, 3.63) is 51.7 Å². The Labute approximate surface area is 130 Å². The summed E-state index contributed by atoms with van der Waals surface area (Å²) in [5.41, 5.74) is 0.504. The van der Waals surface area contributed by atoms with Gasteiger partial charge in [-0.25, -0.2) is 0 Å². The average Bonchev–Trinajstić information content (AvgIpc) is 2.91. The number of carbonyl (C=O) groups excluding carboxylic acids is 1. The molecule has 0 spiro atoms.